The van der Waals surface area contributed by atoms with Crippen LogP contribution in [-0.2, 0) is 9.59 Å². The average Bonchev–Trinajstić information content (AvgIpc) is 3.16. The SMILES string of the molecule is CC(=O)N(CC(=O)Nc1ccc(Cl)cc1)c1ccc(N2CCCC2)cc1. The first-order valence-electron chi connectivity index (χ1n) is 8.71. The van der Waals surface area contributed by atoms with Gasteiger partial charge in [0, 0.05) is 42.1 Å². The molecule has 0 aromatic heterocycles. The second kappa shape index (κ2) is 8.23. The zero-order valence-electron chi connectivity index (χ0n) is 14.7. The van der Waals surface area contributed by atoms with Crippen molar-refractivity contribution in [2.75, 3.05) is 34.8 Å². The Morgan fingerprint density at radius 1 is 1.04 bits per heavy atom. The number of amides is 2. The molecule has 136 valence electrons. The zero-order valence-corrected chi connectivity index (χ0v) is 15.5. The van der Waals surface area contributed by atoms with Gasteiger partial charge in [0.1, 0.15) is 6.54 Å². The number of rotatable bonds is 5. The van der Waals surface area contributed by atoms with Gasteiger partial charge in [-0.05, 0) is 61.4 Å². The zero-order chi connectivity index (χ0) is 18.5. The van der Waals surface area contributed by atoms with Crippen molar-refractivity contribution in [2.45, 2.75) is 19.8 Å². The predicted octanol–water partition coefficient (Wildman–Crippen LogP) is 3.93. The number of benzene rings is 2. The summed E-state index contributed by atoms with van der Waals surface area (Å²) in [5.41, 5.74) is 2.51. The summed E-state index contributed by atoms with van der Waals surface area (Å²) < 4.78 is 0. The molecule has 0 bridgehead atoms. The minimum absolute atomic E-state index is 0.0407. The van der Waals surface area contributed by atoms with Gasteiger partial charge in [0.15, 0.2) is 0 Å². The maximum atomic E-state index is 12.3. The highest BCUT2D eigenvalue weighted by atomic mass is 35.5. The van der Waals surface area contributed by atoms with Crippen molar-refractivity contribution in [2.24, 2.45) is 0 Å². The highest BCUT2D eigenvalue weighted by molar-refractivity contribution is 6.30. The Balaban J connectivity index is 1.67. The molecule has 2 aromatic rings. The normalized spacial score (nSPS) is 13.5. The van der Waals surface area contributed by atoms with Gasteiger partial charge in [-0.15, -0.1) is 0 Å². The van der Waals surface area contributed by atoms with Gasteiger partial charge in [-0.1, -0.05) is 11.6 Å². The quantitative estimate of drug-likeness (QED) is 0.866. The van der Waals surface area contributed by atoms with Gasteiger partial charge in [0.05, 0.1) is 0 Å². The summed E-state index contributed by atoms with van der Waals surface area (Å²) in [5.74, 6) is -0.434. The molecule has 3 rings (SSSR count). The van der Waals surface area contributed by atoms with Crippen LogP contribution < -0.4 is 15.1 Å². The van der Waals surface area contributed by atoms with Crippen molar-refractivity contribution >= 4 is 40.5 Å². The summed E-state index contributed by atoms with van der Waals surface area (Å²) in [6, 6.07) is 14.7. The monoisotopic (exact) mass is 371 g/mol. The summed E-state index contributed by atoms with van der Waals surface area (Å²) in [6.45, 7) is 3.56. The topological polar surface area (TPSA) is 52.7 Å². The molecule has 0 unspecified atom stereocenters. The van der Waals surface area contributed by atoms with E-state index in [9.17, 15) is 9.59 Å². The van der Waals surface area contributed by atoms with E-state index in [1.165, 1.54) is 24.7 Å². The molecule has 2 aromatic carbocycles. The van der Waals surface area contributed by atoms with E-state index in [1.54, 1.807) is 24.3 Å². The van der Waals surface area contributed by atoms with Gasteiger partial charge in [-0.3, -0.25) is 9.59 Å². The predicted molar refractivity (Wildman–Crippen MR) is 106 cm³/mol. The van der Waals surface area contributed by atoms with Crippen LogP contribution in [0.2, 0.25) is 5.02 Å². The van der Waals surface area contributed by atoms with E-state index in [2.05, 4.69) is 10.2 Å². The van der Waals surface area contributed by atoms with Crippen LogP contribution in [0.15, 0.2) is 48.5 Å². The first kappa shape index (κ1) is 18.3. The van der Waals surface area contributed by atoms with Crippen LogP contribution in [0, 0.1) is 0 Å². The molecule has 5 nitrogen and oxygen atoms in total. The molecule has 0 radical (unpaired) electrons. The molecule has 26 heavy (non-hydrogen) atoms. The summed E-state index contributed by atoms with van der Waals surface area (Å²) in [7, 11) is 0. The molecule has 0 aliphatic carbocycles. The van der Waals surface area contributed by atoms with Crippen LogP contribution >= 0.6 is 11.6 Å². The third-order valence-corrected chi connectivity index (χ3v) is 4.69. The minimum atomic E-state index is -0.258. The maximum Gasteiger partial charge on any atom is 0.244 e. The largest absolute Gasteiger partial charge is 0.372 e. The molecule has 2 amide bonds. The number of anilines is 3. The number of hydrogen-bond donors (Lipinski definition) is 1. The maximum absolute atomic E-state index is 12.3. The molecule has 1 N–H and O–H groups in total. The first-order valence-corrected chi connectivity index (χ1v) is 9.09. The minimum Gasteiger partial charge on any atom is -0.372 e. The fraction of sp³-hybridized carbons (Fsp3) is 0.300. The van der Waals surface area contributed by atoms with E-state index in [-0.39, 0.29) is 18.4 Å². The van der Waals surface area contributed by atoms with Crippen LogP contribution in [0.5, 0.6) is 0 Å². The molecule has 0 spiro atoms. The summed E-state index contributed by atoms with van der Waals surface area (Å²) in [6.07, 6.45) is 2.43. The van der Waals surface area contributed by atoms with Crippen molar-refractivity contribution in [1.82, 2.24) is 0 Å². The lowest BCUT2D eigenvalue weighted by molar-refractivity contribution is -0.120. The Morgan fingerprint density at radius 2 is 1.65 bits per heavy atom. The molecule has 6 heteroatoms. The molecule has 1 fully saturated rings. The van der Waals surface area contributed by atoms with Gasteiger partial charge in [0.2, 0.25) is 11.8 Å². The average molecular weight is 372 g/mol. The van der Waals surface area contributed by atoms with Crippen LogP contribution in [-0.4, -0.2) is 31.4 Å². The Kier molecular flexibility index (Phi) is 5.78. The van der Waals surface area contributed by atoms with E-state index in [0.29, 0.717) is 16.4 Å². The van der Waals surface area contributed by atoms with Crippen LogP contribution in [0.25, 0.3) is 0 Å². The molecule has 1 saturated heterocycles. The molecule has 1 aliphatic heterocycles. The Labute approximate surface area is 158 Å². The van der Waals surface area contributed by atoms with Crippen LogP contribution in [0.4, 0.5) is 17.1 Å². The lowest BCUT2D eigenvalue weighted by atomic mass is 10.2. The van der Waals surface area contributed by atoms with E-state index >= 15 is 0 Å². The molecular formula is C20H22ClN3O2. The van der Waals surface area contributed by atoms with Crippen molar-refractivity contribution in [3.8, 4) is 0 Å². The third kappa shape index (κ3) is 4.55. The molecular weight excluding hydrogens is 350 g/mol. The summed E-state index contributed by atoms with van der Waals surface area (Å²) >= 11 is 5.84. The van der Waals surface area contributed by atoms with E-state index < -0.39 is 0 Å². The second-order valence-corrected chi connectivity index (χ2v) is 6.81. The van der Waals surface area contributed by atoms with Crippen molar-refractivity contribution in [1.29, 1.82) is 0 Å². The van der Waals surface area contributed by atoms with Gasteiger partial charge in [-0.2, -0.15) is 0 Å². The third-order valence-electron chi connectivity index (χ3n) is 4.44. The number of halogens is 1. The second-order valence-electron chi connectivity index (χ2n) is 6.37. The highest BCUT2D eigenvalue weighted by Crippen LogP contribution is 2.24. The number of nitrogens with zero attached hydrogens (tertiary/aromatic N) is 2. The highest BCUT2D eigenvalue weighted by Gasteiger charge is 2.17. The van der Waals surface area contributed by atoms with E-state index in [0.717, 1.165) is 18.8 Å². The first-order chi connectivity index (χ1) is 12.5. The van der Waals surface area contributed by atoms with Gasteiger partial charge in [0.25, 0.3) is 0 Å². The summed E-state index contributed by atoms with van der Waals surface area (Å²) in [4.78, 5) is 28.2. The van der Waals surface area contributed by atoms with Gasteiger partial charge < -0.3 is 15.1 Å². The van der Waals surface area contributed by atoms with Crippen molar-refractivity contribution in [3.63, 3.8) is 0 Å². The number of nitrogens with one attached hydrogen (secondary N) is 1. The Bertz CT molecular complexity index is 769. The van der Waals surface area contributed by atoms with Crippen molar-refractivity contribution in [3.05, 3.63) is 53.6 Å². The molecule has 0 saturated carbocycles. The molecule has 1 heterocycles. The number of carbonyl (C=O) groups is 2. The summed E-state index contributed by atoms with van der Waals surface area (Å²) in [5, 5.41) is 3.38. The lowest BCUT2D eigenvalue weighted by Crippen LogP contribution is -2.36. The Morgan fingerprint density at radius 3 is 2.23 bits per heavy atom. The Hall–Kier alpha value is -2.53. The fourth-order valence-electron chi connectivity index (χ4n) is 3.08. The van der Waals surface area contributed by atoms with Gasteiger partial charge >= 0.3 is 0 Å². The van der Waals surface area contributed by atoms with Crippen LogP contribution in [0.3, 0.4) is 0 Å². The smallest absolute Gasteiger partial charge is 0.244 e. The number of carbonyl (C=O) groups excluding carboxylic acids is 2. The van der Waals surface area contributed by atoms with Crippen LogP contribution in [0.1, 0.15) is 19.8 Å². The molecule has 0 atom stereocenters. The fourth-order valence-corrected chi connectivity index (χ4v) is 3.21. The number of hydrogen-bond acceptors (Lipinski definition) is 3. The van der Waals surface area contributed by atoms with Crippen molar-refractivity contribution < 1.29 is 9.59 Å². The van der Waals surface area contributed by atoms with E-state index in [1.807, 2.05) is 24.3 Å². The molecule has 1 aliphatic rings. The standard InChI is InChI=1S/C20H22ClN3O2/c1-15(25)24(14-20(26)22-17-6-4-16(21)5-7-17)19-10-8-18(9-11-19)23-12-2-3-13-23/h4-11H,2-3,12-14H2,1H3,(H,22,26). The lowest BCUT2D eigenvalue weighted by Gasteiger charge is -2.23. The van der Waals surface area contributed by atoms with Gasteiger partial charge in [-0.25, -0.2) is 0 Å². The van der Waals surface area contributed by atoms with E-state index in [4.69, 9.17) is 11.6 Å².